The van der Waals surface area contributed by atoms with Crippen LogP contribution in [-0.2, 0) is 13.1 Å². The lowest BCUT2D eigenvalue weighted by Crippen LogP contribution is -2.07. The Balaban J connectivity index is 1.53. The van der Waals surface area contributed by atoms with E-state index in [1.54, 1.807) is 23.3 Å². The summed E-state index contributed by atoms with van der Waals surface area (Å²) in [5.41, 5.74) is 9.51. The molecule has 27 heavy (non-hydrogen) atoms. The van der Waals surface area contributed by atoms with Crippen LogP contribution in [0, 0.1) is 0 Å². The van der Waals surface area contributed by atoms with Crippen LogP contribution in [-0.4, -0.2) is 36.4 Å². The van der Waals surface area contributed by atoms with Gasteiger partial charge >= 0.3 is 0 Å². The molecule has 0 radical (unpaired) electrons. The van der Waals surface area contributed by atoms with E-state index in [1.807, 2.05) is 30.5 Å². The minimum atomic E-state index is 0.0304. The first-order valence-corrected chi connectivity index (χ1v) is 8.56. The highest BCUT2D eigenvalue weighted by Gasteiger charge is 2.09. The number of nitrogen functional groups attached to an aromatic ring is 1. The molecule has 0 aliphatic rings. The number of nitrogens with zero attached hydrogens (tertiary/aromatic N) is 5. The maximum atomic E-state index is 9.01. The minimum Gasteiger partial charge on any atom is -0.394 e. The van der Waals surface area contributed by atoms with Gasteiger partial charge in [0, 0.05) is 29.9 Å². The molecule has 4 rings (SSSR count). The summed E-state index contributed by atoms with van der Waals surface area (Å²) in [7, 11) is 0. The first-order chi connectivity index (χ1) is 13.2. The Labute approximate surface area is 155 Å². The standard InChI is InChI=1S/C19H19N7O/c20-18-19(23-9-13-3-4-16-14(8-13)2-1-5-21-16)25-17(11-22-18)15-10-24-26(12-15)6-7-27/h1-5,8,10-12,27H,6-7,9H2,(H2,20,22)(H,23,25). The lowest BCUT2D eigenvalue weighted by atomic mass is 10.1. The molecule has 4 N–H and O–H groups in total. The van der Waals surface area contributed by atoms with Gasteiger partial charge in [0.05, 0.1) is 36.8 Å². The highest BCUT2D eigenvalue weighted by atomic mass is 16.3. The summed E-state index contributed by atoms with van der Waals surface area (Å²) in [4.78, 5) is 13.1. The summed E-state index contributed by atoms with van der Waals surface area (Å²) in [6.07, 6.45) is 6.90. The van der Waals surface area contributed by atoms with E-state index in [4.69, 9.17) is 10.8 Å². The molecule has 0 unspecified atom stereocenters. The van der Waals surface area contributed by atoms with Crippen molar-refractivity contribution >= 4 is 22.5 Å². The Morgan fingerprint density at radius 1 is 1.15 bits per heavy atom. The number of pyridine rings is 1. The molecule has 3 aromatic heterocycles. The number of aliphatic hydroxyl groups is 1. The number of rotatable bonds is 6. The molecule has 0 saturated carbocycles. The van der Waals surface area contributed by atoms with E-state index in [9.17, 15) is 0 Å². The molecule has 0 aliphatic heterocycles. The van der Waals surface area contributed by atoms with E-state index >= 15 is 0 Å². The molecule has 0 atom stereocenters. The molecule has 136 valence electrons. The highest BCUT2D eigenvalue weighted by Crippen LogP contribution is 2.22. The lowest BCUT2D eigenvalue weighted by molar-refractivity contribution is 0.269. The number of fused-ring (bicyclic) bond motifs is 1. The summed E-state index contributed by atoms with van der Waals surface area (Å²) < 4.78 is 1.66. The van der Waals surface area contributed by atoms with Crippen LogP contribution in [0.25, 0.3) is 22.2 Å². The predicted octanol–water partition coefficient (Wildman–Crippen LogP) is 2.07. The molecule has 0 saturated heterocycles. The van der Waals surface area contributed by atoms with Gasteiger partial charge in [-0.15, -0.1) is 0 Å². The van der Waals surface area contributed by atoms with Crippen molar-refractivity contribution in [2.45, 2.75) is 13.1 Å². The lowest BCUT2D eigenvalue weighted by Gasteiger charge is -2.09. The fourth-order valence-corrected chi connectivity index (χ4v) is 2.81. The maximum absolute atomic E-state index is 9.01. The average Bonchev–Trinajstić information content (AvgIpc) is 3.16. The van der Waals surface area contributed by atoms with Gasteiger partial charge in [0.1, 0.15) is 0 Å². The molecule has 8 heteroatoms. The van der Waals surface area contributed by atoms with Gasteiger partial charge < -0.3 is 16.2 Å². The van der Waals surface area contributed by atoms with E-state index in [1.165, 1.54) is 0 Å². The van der Waals surface area contributed by atoms with Gasteiger partial charge in [-0.1, -0.05) is 12.1 Å². The van der Waals surface area contributed by atoms with Crippen molar-refractivity contribution < 1.29 is 5.11 Å². The molecular formula is C19H19N7O. The number of anilines is 2. The van der Waals surface area contributed by atoms with Crippen molar-refractivity contribution in [3.05, 3.63) is 60.7 Å². The fraction of sp³-hybridized carbons (Fsp3) is 0.158. The minimum absolute atomic E-state index is 0.0304. The van der Waals surface area contributed by atoms with Crippen molar-refractivity contribution in [2.75, 3.05) is 17.7 Å². The molecule has 0 bridgehead atoms. The zero-order valence-corrected chi connectivity index (χ0v) is 14.6. The first-order valence-electron chi connectivity index (χ1n) is 8.56. The van der Waals surface area contributed by atoms with E-state index in [2.05, 4.69) is 31.4 Å². The van der Waals surface area contributed by atoms with Crippen molar-refractivity contribution in [3.8, 4) is 11.3 Å². The van der Waals surface area contributed by atoms with Crippen molar-refractivity contribution in [1.82, 2.24) is 24.7 Å². The van der Waals surface area contributed by atoms with Gasteiger partial charge in [-0.25, -0.2) is 9.97 Å². The number of nitrogens with two attached hydrogens (primary N) is 1. The Bertz CT molecular complexity index is 1080. The van der Waals surface area contributed by atoms with Crippen LogP contribution < -0.4 is 11.1 Å². The summed E-state index contributed by atoms with van der Waals surface area (Å²) >= 11 is 0. The largest absolute Gasteiger partial charge is 0.394 e. The molecule has 0 amide bonds. The molecule has 4 aromatic rings. The summed E-state index contributed by atoms with van der Waals surface area (Å²) in [5.74, 6) is 0.859. The SMILES string of the molecule is Nc1ncc(-c2cnn(CCO)c2)nc1NCc1ccc2ncccc2c1. The van der Waals surface area contributed by atoms with Gasteiger partial charge in [-0.3, -0.25) is 9.67 Å². The third-order valence-electron chi connectivity index (χ3n) is 4.19. The zero-order valence-electron chi connectivity index (χ0n) is 14.6. The van der Waals surface area contributed by atoms with Crippen LogP contribution in [0.2, 0.25) is 0 Å². The molecule has 0 spiro atoms. The fourth-order valence-electron chi connectivity index (χ4n) is 2.81. The monoisotopic (exact) mass is 361 g/mol. The van der Waals surface area contributed by atoms with Crippen LogP contribution in [0.1, 0.15) is 5.56 Å². The smallest absolute Gasteiger partial charge is 0.169 e. The maximum Gasteiger partial charge on any atom is 0.169 e. The van der Waals surface area contributed by atoms with Crippen molar-refractivity contribution in [1.29, 1.82) is 0 Å². The van der Waals surface area contributed by atoms with Crippen LogP contribution in [0.5, 0.6) is 0 Å². The number of hydrogen-bond donors (Lipinski definition) is 3. The Morgan fingerprint density at radius 3 is 2.96 bits per heavy atom. The summed E-state index contributed by atoms with van der Waals surface area (Å²) in [6, 6.07) is 10.1. The zero-order chi connectivity index (χ0) is 18.6. The quantitative estimate of drug-likeness (QED) is 0.481. The predicted molar refractivity (Wildman–Crippen MR) is 104 cm³/mol. The average molecular weight is 361 g/mol. The molecule has 0 aliphatic carbocycles. The van der Waals surface area contributed by atoms with E-state index < -0.39 is 0 Å². The van der Waals surface area contributed by atoms with Gasteiger partial charge in [-0.05, 0) is 23.8 Å². The van der Waals surface area contributed by atoms with E-state index in [0.717, 1.165) is 22.0 Å². The van der Waals surface area contributed by atoms with Crippen LogP contribution in [0.4, 0.5) is 11.6 Å². The van der Waals surface area contributed by atoms with E-state index in [-0.39, 0.29) is 6.61 Å². The third-order valence-corrected chi connectivity index (χ3v) is 4.19. The van der Waals surface area contributed by atoms with Gasteiger partial charge in [-0.2, -0.15) is 5.10 Å². The Hall–Kier alpha value is -3.52. The molecular weight excluding hydrogens is 342 g/mol. The second-order valence-electron chi connectivity index (χ2n) is 6.09. The molecule has 3 heterocycles. The van der Waals surface area contributed by atoms with Crippen LogP contribution in [0.15, 0.2) is 55.1 Å². The van der Waals surface area contributed by atoms with Gasteiger partial charge in [0.25, 0.3) is 0 Å². The Morgan fingerprint density at radius 2 is 2.07 bits per heavy atom. The van der Waals surface area contributed by atoms with Crippen molar-refractivity contribution in [2.24, 2.45) is 0 Å². The molecule has 0 fully saturated rings. The number of aliphatic hydroxyl groups excluding tert-OH is 1. The van der Waals surface area contributed by atoms with Crippen molar-refractivity contribution in [3.63, 3.8) is 0 Å². The summed E-state index contributed by atoms with van der Waals surface area (Å²) in [6.45, 7) is 1.03. The summed E-state index contributed by atoms with van der Waals surface area (Å²) in [5, 5.41) is 17.5. The van der Waals surface area contributed by atoms with Gasteiger partial charge in [0.15, 0.2) is 11.6 Å². The van der Waals surface area contributed by atoms with E-state index in [0.29, 0.717) is 30.4 Å². The second-order valence-corrected chi connectivity index (χ2v) is 6.09. The number of aromatic nitrogens is 5. The molecule has 8 nitrogen and oxygen atoms in total. The number of hydrogen-bond acceptors (Lipinski definition) is 7. The number of benzene rings is 1. The highest BCUT2D eigenvalue weighted by molar-refractivity contribution is 5.79. The van der Waals surface area contributed by atoms with Crippen LogP contribution >= 0.6 is 0 Å². The topological polar surface area (TPSA) is 115 Å². The third kappa shape index (κ3) is 3.70. The first kappa shape index (κ1) is 16.9. The molecule has 1 aromatic carbocycles. The number of nitrogens with one attached hydrogen (secondary N) is 1. The Kier molecular flexibility index (Phi) is 4.63. The second kappa shape index (κ2) is 7.38. The van der Waals surface area contributed by atoms with Crippen LogP contribution in [0.3, 0.4) is 0 Å². The van der Waals surface area contributed by atoms with Gasteiger partial charge in [0.2, 0.25) is 0 Å². The normalized spacial score (nSPS) is 11.0.